The summed E-state index contributed by atoms with van der Waals surface area (Å²) >= 11 is 2.40. The highest BCUT2D eigenvalue weighted by molar-refractivity contribution is 14.1. The molecule has 0 atom stereocenters. The normalized spacial score (nSPS) is 16.8. The van der Waals surface area contributed by atoms with Crippen molar-refractivity contribution in [3.8, 4) is 0 Å². The van der Waals surface area contributed by atoms with Crippen molar-refractivity contribution < 1.29 is 0 Å². The molecule has 0 amide bonds. The highest BCUT2D eigenvalue weighted by Gasteiger charge is 2.17. The van der Waals surface area contributed by atoms with E-state index in [0.29, 0.717) is 0 Å². The van der Waals surface area contributed by atoms with Crippen LogP contribution in [0.4, 0.5) is 5.69 Å². The van der Waals surface area contributed by atoms with E-state index in [1.165, 1.54) is 34.1 Å². The number of anilines is 1. The molecule has 0 aromatic heterocycles. The van der Waals surface area contributed by atoms with Crippen LogP contribution in [0.25, 0.3) is 0 Å². The van der Waals surface area contributed by atoms with Gasteiger partial charge < -0.3 is 5.32 Å². The smallest absolute Gasteiger partial charge is 0.0478 e. The molecule has 0 saturated heterocycles. The monoisotopic (exact) mass is 287 g/mol. The van der Waals surface area contributed by atoms with Gasteiger partial charge in [-0.05, 0) is 66.5 Å². The molecule has 0 bridgehead atoms. The van der Waals surface area contributed by atoms with Crippen LogP contribution in [0.1, 0.15) is 24.8 Å². The first-order valence-electron chi connectivity index (χ1n) is 4.78. The molecule has 1 aromatic rings. The third-order valence-electron chi connectivity index (χ3n) is 2.59. The Kier molecular flexibility index (Phi) is 2.77. The van der Waals surface area contributed by atoms with Gasteiger partial charge in [-0.1, -0.05) is 6.07 Å². The number of hydrogen-bond donors (Lipinski definition) is 1. The molecule has 1 fully saturated rings. The zero-order valence-corrected chi connectivity index (χ0v) is 9.97. The van der Waals surface area contributed by atoms with E-state index in [0.717, 1.165) is 6.04 Å². The number of nitrogens with one attached hydrogen (secondary N) is 1. The van der Waals surface area contributed by atoms with Gasteiger partial charge in [0.15, 0.2) is 0 Å². The lowest BCUT2D eigenvalue weighted by Crippen LogP contribution is -2.27. The average Bonchev–Trinajstić information content (AvgIpc) is 1.99. The molecule has 1 aliphatic carbocycles. The van der Waals surface area contributed by atoms with Crippen LogP contribution in [-0.2, 0) is 0 Å². The van der Waals surface area contributed by atoms with Crippen molar-refractivity contribution in [3.63, 3.8) is 0 Å². The van der Waals surface area contributed by atoms with Crippen LogP contribution < -0.4 is 5.32 Å². The van der Waals surface area contributed by atoms with Crippen molar-refractivity contribution in [1.29, 1.82) is 0 Å². The predicted octanol–water partition coefficient (Wildman–Crippen LogP) is 3.56. The maximum absolute atomic E-state index is 3.57. The van der Waals surface area contributed by atoms with Crippen LogP contribution in [-0.4, -0.2) is 6.04 Å². The van der Waals surface area contributed by atoms with Gasteiger partial charge in [-0.15, -0.1) is 0 Å². The lowest BCUT2D eigenvalue weighted by Gasteiger charge is -2.28. The molecule has 0 radical (unpaired) electrons. The van der Waals surface area contributed by atoms with E-state index in [9.17, 15) is 0 Å². The lowest BCUT2D eigenvalue weighted by atomic mass is 9.93. The maximum atomic E-state index is 3.57. The van der Waals surface area contributed by atoms with Crippen molar-refractivity contribution in [2.75, 3.05) is 5.32 Å². The quantitative estimate of drug-likeness (QED) is 0.820. The molecule has 1 aromatic carbocycles. The summed E-state index contributed by atoms with van der Waals surface area (Å²) in [6, 6.07) is 7.32. The summed E-state index contributed by atoms with van der Waals surface area (Å²) in [6.45, 7) is 2.13. The second-order valence-corrected chi connectivity index (χ2v) is 4.92. The van der Waals surface area contributed by atoms with Crippen molar-refractivity contribution >= 4 is 28.3 Å². The first kappa shape index (κ1) is 9.31. The molecule has 0 unspecified atom stereocenters. The molecule has 0 aliphatic heterocycles. The molecule has 1 saturated carbocycles. The molecule has 13 heavy (non-hydrogen) atoms. The fourth-order valence-corrected chi connectivity index (χ4v) is 2.34. The fourth-order valence-electron chi connectivity index (χ4n) is 1.51. The summed E-state index contributed by atoms with van der Waals surface area (Å²) in [7, 11) is 0. The molecule has 70 valence electrons. The lowest BCUT2D eigenvalue weighted by molar-refractivity contribution is 0.445. The standard InChI is InChI=1S/C11H14IN/c1-8-5-6-11(10(12)7-8)13-9-3-2-4-9/h5-7,9,13H,2-4H2,1H3. The van der Waals surface area contributed by atoms with E-state index in [2.05, 4.69) is 53.0 Å². The number of rotatable bonds is 2. The highest BCUT2D eigenvalue weighted by atomic mass is 127. The van der Waals surface area contributed by atoms with E-state index >= 15 is 0 Å². The summed E-state index contributed by atoms with van der Waals surface area (Å²) < 4.78 is 1.34. The molecule has 1 nitrogen and oxygen atoms in total. The summed E-state index contributed by atoms with van der Waals surface area (Å²) in [4.78, 5) is 0. The summed E-state index contributed by atoms with van der Waals surface area (Å²) in [5.41, 5.74) is 2.64. The van der Waals surface area contributed by atoms with Crippen LogP contribution in [0, 0.1) is 10.5 Å². The van der Waals surface area contributed by atoms with Gasteiger partial charge in [0.25, 0.3) is 0 Å². The first-order chi connectivity index (χ1) is 6.25. The highest BCUT2D eigenvalue weighted by Crippen LogP contribution is 2.26. The van der Waals surface area contributed by atoms with Gasteiger partial charge in [-0.2, -0.15) is 0 Å². The van der Waals surface area contributed by atoms with Crippen LogP contribution in [0.2, 0.25) is 0 Å². The summed E-state index contributed by atoms with van der Waals surface area (Å²) in [6.07, 6.45) is 4.06. The van der Waals surface area contributed by atoms with Gasteiger partial charge in [-0.3, -0.25) is 0 Å². The van der Waals surface area contributed by atoms with Gasteiger partial charge in [0, 0.05) is 15.3 Å². The molecule has 0 heterocycles. The first-order valence-corrected chi connectivity index (χ1v) is 5.86. The minimum absolute atomic E-state index is 0.733. The molecule has 1 aliphatic rings. The van der Waals surface area contributed by atoms with Gasteiger partial charge >= 0.3 is 0 Å². The molecule has 1 N–H and O–H groups in total. The van der Waals surface area contributed by atoms with Gasteiger partial charge in [0.2, 0.25) is 0 Å². The molecule has 0 spiro atoms. The topological polar surface area (TPSA) is 12.0 Å². The van der Waals surface area contributed by atoms with Gasteiger partial charge in [0.05, 0.1) is 0 Å². The number of hydrogen-bond acceptors (Lipinski definition) is 1. The van der Waals surface area contributed by atoms with Crippen molar-refractivity contribution in [2.45, 2.75) is 32.2 Å². The Morgan fingerprint density at radius 3 is 2.69 bits per heavy atom. The Hall–Kier alpha value is -0.250. The SMILES string of the molecule is Cc1ccc(NC2CCC2)c(I)c1. The minimum Gasteiger partial charge on any atom is -0.381 e. The fraction of sp³-hybridized carbons (Fsp3) is 0.455. The van der Waals surface area contributed by atoms with Crippen molar-refractivity contribution in [1.82, 2.24) is 0 Å². The zero-order chi connectivity index (χ0) is 9.26. The largest absolute Gasteiger partial charge is 0.381 e. The van der Waals surface area contributed by atoms with Crippen LogP contribution in [0.15, 0.2) is 18.2 Å². The van der Waals surface area contributed by atoms with E-state index in [1.807, 2.05) is 0 Å². The van der Waals surface area contributed by atoms with E-state index < -0.39 is 0 Å². The molecular weight excluding hydrogens is 273 g/mol. The van der Waals surface area contributed by atoms with Crippen LogP contribution in [0.3, 0.4) is 0 Å². The minimum atomic E-state index is 0.733. The Labute approximate surface area is 93.1 Å². The van der Waals surface area contributed by atoms with E-state index in [-0.39, 0.29) is 0 Å². The second-order valence-electron chi connectivity index (χ2n) is 3.76. The van der Waals surface area contributed by atoms with E-state index in [1.54, 1.807) is 0 Å². The van der Waals surface area contributed by atoms with Gasteiger partial charge in [-0.25, -0.2) is 0 Å². The maximum Gasteiger partial charge on any atom is 0.0478 e. The van der Waals surface area contributed by atoms with Crippen molar-refractivity contribution in [2.24, 2.45) is 0 Å². The van der Waals surface area contributed by atoms with Crippen LogP contribution >= 0.6 is 22.6 Å². The van der Waals surface area contributed by atoms with Crippen molar-refractivity contribution in [3.05, 3.63) is 27.3 Å². The second kappa shape index (κ2) is 3.86. The third kappa shape index (κ3) is 2.16. The summed E-state index contributed by atoms with van der Waals surface area (Å²) in [5.74, 6) is 0. The molecule has 2 rings (SSSR count). The number of benzene rings is 1. The molecular formula is C11H14IN. The van der Waals surface area contributed by atoms with Gasteiger partial charge in [0.1, 0.15) is 0 Å². The third-order valence-corrected chi connectivity index (χ3v) is 3.48. The Morgan fingerprint density at radius 1 is 1.38 bits per heavy atom. The van der Waals surface area contributed by atoms with Crippen LogP contribution in [0.5, 0.6) is 0 Å². The molecule has 2 heteroatoms. The predicted molar refractivity (Wildman–Crippen MR) is 65.2 cm³/mol. The number of halogens is 1. The van der Waals surface area contributed by atoms with E-state index in [4.69, 9.17) is 0 Å². The number of aryl methyl sites for hydroxylation is 1. The zero-order valence-electron chi connectivity index (χ0n) is 7.81. The average molecular weight is 287 g/mol. The summed E-state index contributed by atoms with van der Waals surface area (Å²) in [5, 5.41) is 3.57. The Bertz CT molecular complexity index is 305. The Morgan fingerprint density at radius 2 is 2.15 bits per heavy atom. The Balaban J connectivity index is 2.10.